The van der Waals surface area contributed by atoms with E-state index in [1.54, 1.807) is 5.43 Å². The van der Waals surface area contributed by atoms with Gasteiger partial charge in [0.15, 0.2) is 11.6 Å². The maximum absolute atomic E-state index is 12.5. The van der Waals surface area contributed by atoms with E-state index in [0.29, 0.717) is 12.1 Å². The molecule has 0 bridgehead atoms. The summed E-state index contributed by atoms with van der Waals surface area (Å²) in [6.45, 7) is 0. The number of anilines is 1. The van der Waals surface area contributed by atoms with Gasteiger partial charge in [-0.1, -0.05) is 0 Å². The largest absolute Gasteiger partial charge is 0.466 e. The van der Waals surface area contributed by atoms with E-state index in [0.717, 1.165) is 0 Å². The van der Waals surface area contributed by atoms with Crippen molar-refractivity contribution in [2.45, 2.75) is 0 Å². The summed E-state index contributed by atoms with van der Waals surface area (Å²) in [5, 5.41) is 0. The Morgan fingerprint density at radius 3 is 1.69 bits per heavy atom. The minimum absolute atomic E-state index is 0.536. The van der Waals surface area contributed by atoms with Crippen molar-refractivity contribution >= 4 is 13.5 Å². The second kappa shape index (κ2) is 5.83. The van der Waals surface area contributed by atoms with Gasteiger partial charge in [-0.2, -0.15) is 0 Å². The van der Waals surface area contributed by atoms with Crippen molar-refractivity contribution in [2.24, 2.45) is 5.84 Å². The fourth-order valence-electron chi connectivity index (χ4n) is 0.680. The SMILES string of the molecule is NNc1c(F)cc(F)cc1F.O=P(O)(O)O. The second-order valence-electron chi connectivity index (χ2n) is 2.40. The molecule has 6 N–H and O–H groups in total. The number of nitrogens with two attached hydrogens (primary N) is 1. The third kappa shape index (κ3) is 6.38. The molecule has 16 heavy (non-hydrogen) atoms. The van der Waals surface area contributed by atoms with E-state index < -0.39 is 31.0 Å². The van der Waals surface area contributed by atoms with E-state index in [1.807, 2.05) is 0 Å². The molecule has 0 aliphatic heterocycles. The molecule has 1 rings (SSSR count). The molecule has 1 aromatic carbocycles. The van der Waals surface area contributed by atoms with Gasteiger partial charge in [-0.15, -0.1) is 0 Å². The predicted molar refractivity (Wildman–Crippen MR) is 48.4 cm³/mol. The fraction of sp³-hybridized carbons (Fsp3) is 0. The highest BCUT2D eigenvalue weighted by molar-refractivity contribution is 7.45. The maximum atomic E-state index is 12.5. The van der Waals surface area contributed by atoms with Crippen molar-refractivity contribution in [3.05, 3.63) is 29.6 Å². The van der Waals surface area contributed by atoms with Crippen LogP contribution in [0.25, 0.3) is 0 Å². The molecule has 0 heterocycles. The van der Waals surface area contributed by atoms with Crippen LogP contribution < -0.4 is 11.3 Å². The van der Waals surface area contributed by atoms with Crippen molar-refractivity contribution in [1.82, 2.24) is 0 Å². The van der Waals surface area contributed by atoms with Crippen LogP contribution in [0.15, 0.2) is 12.1 Å². The van der Waals surface area contributed by atoms with Gasteiger partial charge in [-0.25, -0.2) is 17.7 Å². The van der Waals surface area contributed by atoms with Crippen LogP contribution in [0, 0.1) is 17.5 Å². The Bertz CT molecular complexity index is 379. The molecule has 0 unspecified atom stereocenters. The Kier molecular flexibility index (Phi) is 5.42. The molecule has 0 saturated heterocycles. The lowest BCUT2D eigenvalue weighted by Gasteiger charge is -2.02. The second-order valence-corrected chi connectivity index (χ2v) is 3.43. The molecular formula is C6H8F3N2O4P. The average Bonchev–Trinajstić information content (AvgIpc) is 1.99. The van der Waals surface area contributed by atoms with Gasteiger partial charge < -0.3 is 20.1 Å². The third-order valence-corrected chi connectivity index (χ3v) is 1.15. The summed E-state index contributed by atoms with van der Waals surface area (Å²) >= 11 is 0. The lowest BCUT2D eigenvalue weighted by atomic mass is 10.3. The molecule has 92 valence electrons. The lowest BCUT2D eigenvalue weighted by Crippen LogP contribution is -2.10. The number of hydrogen-bond acceptors (Lipinski definition) is 3. The minimum atomic E-state index is -4.64. The first-order valence-corrected chi connectivity index (χ1v) is 5.11. The molecule has 10 heteroatoms. The van der Waals surface area contributed by atoms with Crippen molar-refractivity contribution in [3.8, 4) is 0 Å². The van der Waals surface area contributed by atoms with Gasteiger partial charge >= 0.3 is 7.82 Å². The van der Waals surface area contributed by atoms with E-state index in [4.69, 9.17) is 25.1 Å². The molecule has 0 amide bonds. The van der Waals surface area contributed by atoms with Crippen LogP contribution in [0.5, 0.6) is 0 Å². The van der Waals surface area contributed by atoms with Gasteiger partial charge in [0.05, 0.1) is 0 Å². The first kappa shape index (κ1) is 14.9. The highest BCUT2D eigenvalue weighted by Crippen LogP contribution is 2.25. The topological polar surface area (TPSA) is 116 Å². The van der Waals surface area contributed by atoms with Crippen molar-refractivity contribution in [3.63, 3.8) is 0 Å². The minimum Gasteiger partial charge on any atom is -0.319 e. The monoisotopic (exact) mass is 260 g/mol. The molecule has 0 atom stereocenters. The van der Waals surface area contributed by atoms with Crippen molar-refractivity contribution in [2.75, 3.05) is 5.43 Å². The number of nitrogens with one attached hydrogen (secondary N) is 1. The van der Waals surface area contributed by atoms with E-state index in [9.17, 15) is 13.2 Å². The van der Waals surface area contributed by atoms with Gasteiger partial charge in [-0.3, -0.25) is 5.84 Å². The molecule has 0 spiro atoms. The first-order chi connectivity index (χ1) is 7.15. The Morgan fingerprint density at radius 2 is 1.44 bits per heavy atom. The number of rotatable bonds is 1. The summed E-state index contributed by atoms with van der Waals surface area (Å²) in [6, 6.07) is 1.08. The zero-order chi connectivity index (χ0) is 12.9. The smallest absolute Gasteiger partial charge is 0.319 e. The maximum Gasteiger partial charge on any atom is 0.466 e. The summed E-state index contributed by atoms with van der Waals surface area (Å²) in [5.41, 5.74) is 1.24. The van der Waals surface area contributed by atoms with Crippen LogP contribution in [0.4, 0.5) is 18.9 Å². The summed E-state index contributed by atoms with van der Waals surface area (Å²) in [4.78, 5) is 21.6. The summed E-state index contributed by atoms with van der Waals surface area (Å²) in [7, 11) is -4.64. The van der Waals surface area contributed by atoms with Crippen LogP contribution in [-0.2, 0) is 4.57 Å². The Labute approximate surface area is 87.7 Å². The van der Waals surface area contributed by atoms with Crippen LogP contribution in [-0.4, -0.2) is 14.7 Å². The molecule has 0 radical (unpaired) electrons. The molecule has 0 saturated carbocycles. The van der Waals surface area contributed by atoms with Crippen molar-refractivity contribution < 1.29 is 32.4 Å². The quantitative estimate of drug-likeness (QED) is 0.284. The fourth-order valence-corrected chi connectivity index (χ4v) is 0.680. The Morgan fingerprint density at radius 1 is 1.12 bits per heavy atom. The van der Waals surface area contributed by atoms with Gasteiger partial charge in [0.1, 0.15) is 11.5 Å². The van der Waals surface area contributed by atoms with Gasteiger partial charge in [0.2, 0.25) is 0 Å². The Hall–Kier alpha value is -1.12. The molecule has 0 aromatic heterocycles. The van der Waals surface area contributed by atoms with Gasteiger partial charge in [-0.05, 0) is 0 Å². The van der Waals surface area contributed by atoms with E-state index in [2.05, 4.69) is 0 Å². The Balaban J connectivity index is 0.000000385. The average molecular weight is 260 g/mol. The number of benzene rings is 1. The molecule has 0 aliphatic rings. The zero-order valence-corrected chi connectivity index (χ0v) is 8.46. The zero-order valence-electron chi connectivity index (χ0n) is 7.56. The lowest BCUT2D eigenvalue weighted by molar-refractivity contribution is 0.275. The first-order valence-electron chi connectivity index (χ1n) is 3.54. The standard InChI is InChI=1S/C6H5F3N2.H3O4P/c7-3-1-4(8)6(11-10)5(9)2-3;1-5(2,3)4/h1-2,11H,10H2;(H3,1,2,3,4). The van der Waals surface area contributed by atoms with E-state index >= 15 is 0 Å². The number of hydrazine groups is 1. The number of phosphoric acid groups is 1. The highest BCUT2D eigenvalue weighted by Gasteiger charge is 2.08. The normalized spacial score (nSPS) is 10.4. The molecule has 1 aromatic rings. The van der Waals surface area contributed by atoms with Crippen molar-refractivity contribution in [1.29, 1.82) is 0 Å². The number of nitrogen functional groups attached to an aromatic ring is 1. The van der Waals surface area contributed by atoms with E-state index in [1.165, 1.54) is 0 Å². The van der Waals surface area contributed by atoms with Crippen LogP contribution in [0.1, 0.15) is 0 Å². The summed E-state index contributed by atoms with van der Waals surface area (Å²) in [5.74, 6) is 1.67. The van der Waals surface area contributed by atoms with Gasteiger partial charge in [0.25, 0.3) is 0 Å². The van der Waals surface area contributed by atoms with Gasteiger partial charge in [0, 0.05) is 12.1 Å². The molecular weight excluding hydrogens is 252 g/mol. The van der Waals surface area contributed by atoms with E-state index in [-0.39, 0.29) is 0 Å². The van der Waals surface area contributed by atoms with Crippen LogP contribution in [0.3, 0.4) is 0 Å². The van der Waals surface area contributed by atoms with Crippen LogP contribution in [0.2, 0.25) is 0 Å². The summed E-state index contributed by atoms with van der Waals surface area (Å²) in [6.07, 6.45) is 0. The molecule has 0 aliphatic carbocycles. The highest BCUT2D eigenvalue weighted by atomic mass is 31.2. The third-order valence-electron chi connectivity index (χ3n) is 1.15. The molecule has 0 fully saturated rings. The van der Waals surface area contributed by atoms with Crippen LogP contribution >= 0.6 is 7.82 Å². The number of halogens is 3. The predicted octanol–water partition coefficient (Wildman–Crippen LogP) is 0.461. The molecule has 6 nitrogen and oxygen atoms in total. The number of hydrogen-bond donors (Lipinski definition) is 5. The summed E-state index contributed by atoms with van der Waals surface area (Å²) < 4.78 is 46.1.